The summed E-state index contributed by atoms with van der Waals surface area (Å²) in [5.41, 5.74) is 7.29. The molecule has 0 bridgehead atoms. The second kappa shape index (κ2) is 8.64. The lowest BCUT2D eigenvalue weighted by molar-refractivity contribution is -0.117. The maximum atomic E-state index is 12.6. The van der Waals surface area contributed by atoms with Crippen LogP contribution in [0.15, 0.2) is 24.3 Å². The number of carbonyl (C=O) groups excluding carboxylic acids is 2. The second-order valence-electron chi connectivity index (χ2n) is 6.77. The lowest BCUT2D eigenvalue weighted by Gasteiger charge is -2.20. The Morgan fingerprint density at radius 1 is 1.04 bits per heavy atom. The van der Waals surface area contributed by atoms with Gasteiger partial charge in [-0.3, -0.25) is 10.2 Å². The third-order valence-electron chi connectivity index (χ3n) is 3.92. The van der Waals surface area contributed by atoms with Crippen LogP contribution in [0.4, 0.5) is 16.2 Å². The quantitative estimate of drug-likeness (QED) is 0.480. The monoisotopic (exact) mass is 411 g/mol. The molecule has 0 radical (unpaired) electrons. The van der Waals surface area contributed by atoms with Gasteiger partial charge in [-0.25, -0.2) is 10.2 Å². The molecule has 0 saturated carbocycles. The van der Waals surface area contributed by atoms with Crippen molar-refractivity contribution in [2.24, 2.45) is 5.92 Å². The number of hydrazine groups is 1. The van der Waals surface area contributed by atoms with Gasteiger partial charge in [0, 0.05) is 12.1 Å². The van der Waals surface area contributed by atoms with E-state index < -0.39 is 6.04 Å². The molecule has 0 spiro atoms. The highest BCUT2D eigenvalue weighted by Crippen LogP contribution is 2.25. The SMILES string of the molecule is CC(C)NC(=O)Nc1ccccc1NC(=O)C1NNC(C(C)C)C1Br. The van der Waals surface area contributed by atoms with Gasteiger partial charge in [0.25, 0.3) is 0 Å². The number of para-hydroxylation sites is 2. The highest BCUT2D eigenvalue weighted by atomic mass is 79.9. The van der Waals surface area contributed by atoms with Crippen LogP contribution in [0.2, 0.25) is 0 Å². The van der Waals surface area contributed by atoms with E-state index in [0.29, 0.717) is 17.3 Å². The van der Waals surface area contributed by atoms with Crippen molar-refractivity contribution < 1.29 is 9.59 Å². The molecular weight excluding hydrogens is 386 g/mol. The highest BCUT2D eigenvalue weighted by Gasteiger charge is 2.39. The molecule has 3 atom stereocenters. The summed E-state index contributed by atoms with van der Waals surface area (Å²) in [6, 6.07) is 6.58. The molecule has 0 aromatic heterocycles. The zero-order chi connectivity index (χ0) is 18.6. The number of halogens is 1. The largest absolute Gasteiger partial charge is 0.336 e. The van der Waals surface area contributed by atoms with E-state index in [2.05, 4.69) is 56.6 Å². The van der Waals surface area contributed by atoms with Crippen LogP contribution in [0, 0.1) is 5.92 Å². The molecule has 1 aromatic rings. The van der Waals surface area contributed by atoms with E-state index in [1.165, 1.54) is 0 Å². The van der Waals surface area contributed by atoms with E-state index in [4.69, 9.17) is 0 Å². The van der Waals surface area contributed by atoms with Crippen molar-refractivity contribution in [3.8, 4) is 0 Å². The first-order chi connectivity index (χ1) is 11.8. The van der Waals surface area contributed by atoms with Crippen molar-refractivity contribution in [1.29, 1.82) is 0 Å². The average molecular weight is 412 g/mol. The Kier molecular flexibility index (Phi) is 6.80. The fourth-order valence-electron chi connectivity index (χ4n) is 2.63. The minimum absolute atomic E-state index is 0.0256. The summed E-state index contributed by atoms with van der Waals surface area (Å²) in [6.45, 7) is 7.96. The maximum absolute atomic E-state index is 12.6. The molecule has 3 amide bonds. The molecule has 25 heavy (non-hydrogen) atoms. The number of urea groups is 1. The Balaban J connectivity index is 2.05. The molecule has 1 saturated heterocycles. The van der Waals surface area contributed by atoms with Gasteiger partial charge in [0.1, 0.15) is 6.04 Å². The van der Waals surface area contributed by atoms with Crippen LogP contribution in [-0.2, 0) is 4.79 Å². The molecule has 5 N–H and O–H groups in total. The smallest absolute Gasteiger partial charge is 0.319 e. The number of anilines is 2. The Morgan fingerprint density at radius 2 is 1.64 bits per heavy atom. The van der Waals surface area contributed by atoms with E-state index >= 15 is 0 Å². The lowest BCUT2D eigenvalue weighted by atomic mass is 9.99. The number of benzene rings is 1. The number of carbonyl (C=O) groups is 2. The van der Waals surface area contributed by atoms with Crippen LogP contribution in [0.1, 0.15) is 27.7 Å². The third-order valence-corrected chi connectivity index (χ3v) is 5.02. The predicted molar refractivity (Wildman–Crippen MR) is 104 cm³/mol. The van der Waals surface area contributed by atoms with Crippen molar-refractivity contribution >= 4 is 39.2 Å². The fourth-order valence-corrected chi connectivity index (χ4v) is 3.74. The van der Waals surface area contributed by atoms with E-state index in [1.54, 1.807) is 18.2 Å². The van der Waals surface area contributed by atoms with Gasteiger partial charge in [-0.05, 0) is 31.9 Å². The van der Waals surface area contributed by atoms with E-state index in [1.807, 2.05) is 19.9 Å². The first-order valence-corrected chi connectivity index (χ1v) is 9.33. The Hall–Kier alpha value is -1.64. The standard InChI is InChI=1S/C17H26BrN5O2/c1-9(2)14-13(18)15(23-22-14)16(24)20-11-7-5-6-8-12(11)21-17(25)19-10(3)4/h5-10,13-15,22-23H,1-4H3,(H,20,24)(H2,19,21,25). The number of amides is 3. The number of nitrogens with one attached hydrogen (secondary N) is 5. The Labute approximate surface area is 156 Å². The van der Waals surface area contributed by atoms with E-state index in [9.17, 15) is 9.59 Å². The molecule has 2 rings (SSSR count). The minimum atomic E-state index is -0.412. The summed E-state index contributed by atoms with van der Waals surface area (Å²) < 4.78 is 0. The Bertz CT molecular complexity index is 623. The van der Waals surface area contributed by atoms with Gasteiger partial charge in [0.05, 0.1) is 16.2 Å². The van der Waals surface area contributed by atoms with Gasteiger partial charge in [0.15, 0.2) is 0 Å². The van der Waals surface area contributed by atoms with Crippen molar-refractivity contribution in [3.63, 3.8) is 0 Å². The van der Waals surface area contributed by atoms with E-state index in [0.717, 1.165) is 0 Å². The molecule has 1 aliphatic heterocycles. The number of hydrogen-bond acceptors (Lipinski definition) is 4. The molecule has 8 heteroatoms. The molecule has 138 valence electrons. The fraction of sp³-hybridized carbons (Fsp3) is 0.529. The van der Waals surface area contributed by atoms with Gasteiger partial charge < -0.3 is 16.0 Å². The topological polar surface area (TPSA) is 94.3 Å². The molecule has 1 fully saturated rings. The van der Waals surface area contributed by atoms with Gasteiger partial charge in [0.2, 0.25) is 5.91 Å². The minimum Gasteiger partial charge on any atom is -0.336 e. The Morgan fingerprint density at radius 3 is 2.16 bits per heavy atom. The highest BCUT2D eigenvalue weighted by molar-refractivity contribution is 9.09. The van der Waals surface area contributed by atoms with Crippen LogP contribution < -0.4 is 26.8 Å². The summed E-state index contributed by atoms with van der Waals surface area (Å²) >= 11 is 3.61. The molecule has 1 heterocycles. The average Bonchev–Trinajstić information content (AvgIpc) is 2.90. The normalized spacial score (nSPS) is 22.9. The van der Waals surface area contributed by atoms with E-state index in [-0.39, 0.29) is 28.8 Å². The van der Waals surface area contributed by atoms with Crippen LogP contribution >= 0.6 is 15.9 Å². The number of alkyl halides is 1. The van der Waals surface area contributed by atoms with Crippen molar-refractivity contribution in [2.45, 2.75) is 50.6 Å². The van der Waals surface area contributed by atoms with Gasteiger partial charge in [-0.1, -0.05) is 41.9 Å². The van der Waals surface area contributed by atoms with Crippen LogP contribution in [-0.4, -0.2) is 34.9 Å². The predicted octanol–water partition coefficient (Wildman–Crippen LogP) is 2.42. The van der Waals surface area contributed by atoms with Crippen molar-refractivity contribution in [2.75, 3.05) is 10.6 Å². The third kappa shape index (κ3) is 5.17. The van der Waals surface area contributed by atoms with Gasteiger partial charge in [-0.2, -0.15) is 0 Å². The van der Waals surface area contributed by atoms with Crippen LogP contribution in [0.25, 0.3) is 0 Å². The molecule has 1 aromatic carbocycles. The lowest BCUT2D eigenvalue weighted by Crippen LogP contribution is -2.42. The molecular formula is C17H26BrN5O2. The molecule has 3 unspecified atom stereocenters. The molecule has 1 aliphatic rings. The first-order valence-electron chi connectivity index (χ1n) is 8.42. The molecule has 0 aliphatic carbocycles. The van der Waals surface area contributed by atoms with Crippen molar-refractivity contribution in [3.05, 3.63) is 24.3 Å². The maximum Gasteiger partial charge on any atom is 0.319 e. The number of rotatable bonds is 5. The summed E-state index contributed by atoms with van der Waals surface area (Å²) in [5.74, 6) is 0.208. The summed E-state index contributed by atoms with van der Waals surface area (Å²) in [5, 5.41) is 8.41. The second-order valence-corrected chi connectivity index (χ2v) is 7.83. The van der Waals surface area contributed by atoms with Crippen LogP contribution in [0.5, 0.6) is 0 Å². The zero-order valence-corrected chi connectivity index (χ0v) is 16.5. The number of hydrogen-bond donors (Lipinski definition) is 5. The summed E-state index contributed by atoms with van der Waals surface area (Å²) in [6.07, 6.45) is 0. The zero-order valence-electron chi connectivity index (χ0n) is 14.9. The first kappa shape index (κ1) is 19.7. The van der Waals surface area contributed by atoms with Gasteiger partial charge >= 0.3 is 6.03 Å². The summed E-state index contributed by atoms with van der Waals surface area (Å²) in [4.78, 5) is 24.5. The van der Waals surface area contributed by atoms with Crippen LogP contribution in [0.3, 0.4) is 0 Å². The van der Waals surface area contributed by atoms with Gasteiger partial charge in [-0.15, -0.1) is 0 Å². The molecule has 7 nitrogen and oxygen atoms in total. The summed E-state index contributed by atoms with van der Waals surface area (Å²) in [7, 11) is 0. The van der Waals surface area contributed by atoms with Crippen molar-refractivity contribution in [1.82, 2.24) is 16.2 Å².